The third-order valence-corrected chi connectivity index (χ3v) is 11.4. The van der Waals surface area contributed by atoms with Crippen LogP contribution >= 0.6 is 0 Å². The summed E-state index contributed by atoms with van der Waals surface area (Å²) in [5.74, 6) is 3.59. The van der Waals surface area contributed by atoms with Gasteiger partial charge in [0.2, 0.25) is 0 Å². The molecule has 4 aliphatic carbocycles. The molecular formula is C32H56N2O3. The van der Waals surface area contributed by atoms with Gasteiger partial charge < -0.3 is 20.5 Å². The molecule has 5 nitrogen and oxygen atoms in total. The lowest BCUT2D eigenvalue weighted by atomic mass is 9.52. The highest BCUT2D eigenvalue weighted by molar-refractivity contribution is 5.71. The van der Waals surface area contributed by atoms with Gasteiger partial charge in [-0.25, -0.2) is 0 Å². The summed E-state index contributed by atoms with van der Waals surface area (Å²) in [6, 6.07) is 0.567. The first-order valence-corrected chi connectivity index (χ1v) is 15.3. The summed E-state index contributed by atoms with van der Waals surface area (Å²) in [5, 5.41) is 3.81. The molecule has 2 aliphatic heterocycles. The van der Waals surface area contributed by atoms with Crippen molar-refractivity contribution in [3.63, 3.8) is 0 Å². The first kappa shape index (κ1) is 29.1. The number of nitrogens with two attached hydrogens (primary N) is 1. The molecule has 3 N–H and O–H groups in total. The molecule has 0 radical (unpaired) electrons. The van der Waals surface area contributed by atoms with E-state index >= 15 is 0 Å². The van der Waals surface area contributed by atoms with Gasteiger partial charge in [0.05, 0.1) is 18.2 Å². The Morgan fingerprint density at radius 1 is 1.16 bits per heavy atom. The fraction of sp³-hybridized carbons (Fsp3) is 0.906. The zero-order valence-electron chi connectivity index (χ0n) is 23.6. The van der Waals surface area contributed by atoms with E-state index in [0.29, 0.717) is 23.5 Å². The average Bonchev–Trinajstić information content (AvgIpc) is 3.39. The van der Waals surface area contributed by atoms with Crippen LogP contribution in [0.2, 0.25) is 0 Å². The first-order chi connectivity index (χ1) is 17.3. The van der Waals surface area contributed by atoms with Crippen molar-refractivity contribution in [2.75, 3.05) is 13.1 Å². The summed E-state index contributed by atoms with van der Waals surface area (Å²) in [6.07, 6.45) is 13.8. The average molecular weight is 517 g/mol. The molecule has 1 spiro atoms. The molecule has 2 heterocycles. The number of esters is 1. The molecule has 2 saturated heterocycles. The molecule has 0 aromatic heterocycles. The second-order valence-corrected chi connectivity index (χ2v) is 13.4. The van der Waals surface area contributed by atoms with E-state index in [1.807, 2.05) is 19.4 Å². The van der Waals surface area contributed by atoms with E-state index in [9.17, 15) is 4.79 Å². The van der Waals surface area contributed by atoms with E-state index in [1.165, 1.54) is 51.4 Å². The van der Waals surface area contributed by atoms with Crippen LogP contribution in [0.25, 0.3) is 0 Å². The highest BCUT2D eigenvalue weighted by atomic mass is 16.5. The Morgan fingerprint density at radius 2 is 1.95 bits per heavy atom. The zero-order chi connectivity index (χ0) is 25.7. The van der Waals surface area contributed by atoms with Crippen molar-refractivity contribution in [1.29, 1.82) is 0 Å². The number of carbonyl (C=O) groups is 1. The molecule has 212 valence electrons. The van der Waals surface area contributed by atoms with E-state index in [2.05, 4.69) is 26.1 Å². The van der Waals surface area contributed by atoms with Crippen molar-refractivity contribution in [2.24, 2.45) is 40.7 Å². The van der Waals surface area contributed by atoms with Gasteiger partial charge >= 0.3 is 5.97 Å². The molecule has 3 saturated carbocycles. The Kier molecular flexibility index (Phi) is 8.88. The topological polar surface area (TPSA) is 73.6 Å². The van der Waals surface area contributed by atoms with Gasteiger partial charge in [0.15, 0.2) is 0 Å². The predicted octanol–water partition coefficient (Wildman–Crippen LogP) is 6.40. The van der Waals surface area contributed by atoms with Gasteiger partial charge in [-0.15, -0.1) is 0 Å². The Bertz CT molecular complexity index is 857. The molecule has 0 aromatic rings. The van der Waals surface area contributed by atoms with Gasteiger partial charge in [-0.1, -0.05) is 46.3 Å². The predicted molar refractivity (Wildman–Crippen MR) is 151 cm³/mol. The molecule has 0 aromatic carbocycles. The number of fused-ring (bicyclic) bond motifs is 6. The Morgan fingerprint density at radius 3 is 2.70 bits per heavy atom. The van der Waals surface area contributed by atoms with Gasteiger partial charge in [-0.05, 0) is 119 Å². The first-order valence-electron chi connectivity index (χ1n) is 15.3. The second-order valence-electron chi connectivity index (χ2n) is 13.4. The fourth-order valence-corrected chi connectivity index (χ4v) is 9.74. The summed E-state index contributed by atoms with van der Waals surface area (Å²) < 4.78 is 12.6. The second kappa shape index (κ2) is 11.3. The van der Waals surface area contributed by atoms with E-state index in [4.69, 9.17) is 15.2 Å². The molecule has 5 fully saturated rings. The fourth-order valence-electron chi connectivity index (χ4n) is 9.74. The minimum atomic E-state index is -0.237. The Labute approximate surface area is 227 Å². The molecule has 0 amide bonds. The minimum absolute atomic E-state index is 0. The van der Waals surface area contributed by atoms with Crippen molar-refractivity contribution in [1.82, 2.24) is 5.32 Å². The van der Waals surface area contributed by atoms with Gasteiger partial charge in [0, 0.05) is 6.04 Å². The maximum Gasteiger partial charge on any atom is 0.319 e. The monoisotopic (exact) mass is 516 g/mol. The molecule has 0 bridgehead atoms. The number of hydrogen-bond donors (Lipinski definition) is 2. The summed E-state index contributed by atoms with van der Waals surface area (Å²) >= 11 is 0. The van der Waals surface area contributed by atoms with Crippen molar-refractivity contribution in [3.05, 3.63) is 11.1 Å². The molecule has 6 rings (SSSR count). The van der Waals surface area contributed by atoms with E-state index in [1.54, 1.807) is 5.57 Å². The van der Waals surface area contributed by atoms with Gasteiger partial charge in [-0.3, -0.25) is 4.79 Å². The van der Waals surface area contributed by atoms with Crippen LogP contribution in [0.4, 0.5) is 0 Å². The summed E-state index contributed by atoms with van der Waals surface area (Å²) in [5.41, 5.74) is 9.44. The molecular weight excluding hydrogens is 460 g/mol. The number of rotatable bonds is 2. The third-order valence-electron chi connectivity index (χ3n) is 11.4. The van der Waals surface area contributed by atoms with Crippen LogP contribution in [-0.2, 0) is 14.3 Å². The maximum atomic E-state index is 11.8. The summed E-state index contributed by atoms with van der Waals surface area (Å²) in [4.78, 5) is 11.8. The summed E-state index contributed by atoms with van der Waals surface area (Å²) in [7, 11) is 0. The van der Waals surface area contributed by atoms with Gasteiger partial charge in [0.1, 0.15) is 6.10 Å². The normalized spacial score (nSPS) is 46.3. The van der Waals surface area contributed by atoms with Crippen LogP contribution in [0.15, 0.2) is 11.1 Å². The quantitative estimate of drug-likeness (QED) is 0.328. The van der Waals surface area contributed by atoms with E-state index in [0.717, 1.165) is 49.5 Å². The van der Waals surface area contributed by atoms with Crippen LogP contribution in [0.3, 0.4) is 0 Å². The van der Waals surface area contributed by atoms with Crippen LogP contribution in [0.1, 0.15) is 113 Å². The molecule has 6 aliphatic rings. The molecule has 37 heavy (non-hydrogen) atoms. The molecule has 5 heteroatoms. The lowest BCUT2D eigenvalue weighted by Crippen LogP contribution is -2.48. The van der Waals surface area contributed by atoms with Crippen LogP contribution in [0.5, 0.6) is 0 Å². The smallest absolute Gasteiger partial charge is 0.319 e. The van der Waals surface area contributed by atoms with E-state index in [-0.39, 0.29) is 31.6 Å². The lowest BCUT2D eigenvalue weighted by molar-refractivity contribution is -0.155. The summed E-state index contributed by atoms with van der Waals surface area (Å²) in [6.45, 7) is 12.5. The molecule has 10 atom stereocenters. The Hall–Kier alpha value is -0.910. The number of allylic oxidation sites excluding steroid dienone is 1. The standard InChI is InChI=1S/C29H46N2O3.C2H6.CH4/c1-17-10-26-25(31-16-17)14-29(34-26)9-7-21-22-5-4-19-11-20(33-27(32)15-30)6-8-28(19,3)24(22)12-23(21)18(2)13-29;1-2;/h17,19-22,24-26,31H,4-16,30H2,1-3H3;1-2H3;1H4. The third kappa shape index (κ3) is 5.18. The number of carbonyl (C=O) groups excluding carboxylic acids is 1. The van der Waals surface area contributed by atoms with Gasteiger partial charge in [-0.2, -0.15) is 0 Å². The van der Waals surface area contributed by atoms with Crippen molar-refractivity contribution in [3.8, 4) is 0 Å². The number of nitrogens with one attached hydrogen (secondary N) is 1. The van der Waals surface area contributed by atoms with Crippen LogP contribution in [-0.4, -0.2) is 42.9 Å². The minimum Gasteiger partial charge on any atom is -0.461 e. The van der Waals surface area contributed by atoms with Gasteiger partial charge in [0.25, 0.3) is 0 Å². The zero-order valence-corrected chi connectivity index (χ0v) is 23.6. The Balaban J connectivity index is 0.00000104. The van der Waals surface area contributed by atoms with Crippen molar-refractivity contribution >= 4 is 5.97 Å². The number of piperidine rings is 1. The van der Waals surface area contributed by atoms with Crippen molar-refractivity contribution < 1.29 is 14.3 Å². The van der Waals surface area contributed by atoms with Crippen LogP contribution in [0, 0.1) is 35.0 Å². The SMILES string of the molecule is C.CC.CC1=C2CC3C(CCC4CC(OC(=O)CN)CCC43C)C2CCC2(C1)CC1NCC(C)CC1O2. The van der Waals surface area contributed by atoms with Crippen LogP contribution < -0.4 is 11.1 Å². The largest absolute Gasteiger partial charge is 0.461 e. The number of ether oxygens (including phenoxy) is 2. The lowest BCUT2D eigenvalue weighted by Gasteiger charge is -2.54. The maximum absolute atomic E-state index is 11.8. The number of hydrogen-bond acceptors (Lipinski definition) is 5. The highest BCUT2D eigenvalue weighted by Crippen LogP contribution is 2.65. The molecule has 10 unspecified atom stereocenters. The van der Waals surface area contributed by atoms with E-state index < -0.39 is 0 Å². The van der Waals surface area contributed by atoms with Crippen molar-refractivity contribution in [2.45, 2.75) is 137 Å². The highest BCUT2D eigenvalue weighted by Gasteiger charge is 2.58.